The number of hydrogen-bond acceptors (Lipinski definition) is 3. The molecule has 2 aromatic rings. The van der Waals surface area contributed by atoms with Gasteiger partial charge in [0, 0.05) is 30.2 Å². The van der Waals surface area contributed by atoms with Crippen LogP contribution in [0.2, 0.25) is 0 Å². The third-order valence-electron chi connectivity index (χ3n) is 4.37. The molecule has 0 unspecified atom stereocenters. The summed E-state index contributed by atoms with van der Waals surface area (Å²) in [6.07, 6.45) is 4.17. The van der Waals surface area contributed by atoms with Crippen LogP contribution in [-0.2, 0) is 16.0 Å². The molecule has 0 bridgehead atoms. The third-order valence-corrected chi connectivity index (χ3v) is 4.37. The zero-order valence-electron chi connectivity index (χ0n) is 13.3. The first-order chi connectivity index (χ1) is 10.7. The lowest BCUT2D eigenvalue weighted by atomic mass is 10.1. The van der Waals surface area contributed by atoms with Crippen molar-refractivity contribution in [1.82, 2.24) is 10.3 Å². The Morgan fingerprint density at radius 2 is 2.26 bits per heavy atom. The highest BCUT2D eigenvalue weighted by atomic mass is 35.5. The van der Waals surface area contributed by atoms with Crippen molar-refractivity contribution in [3.8, 4) is 0 Å². The summed E-state index contributed by atoms with van der Waals surface area (Å²) in [6, 6.07) is 6.27. The van der Waals surface area contributed by atoms with Gasteiger partial charge < -0.3 is 20.8 Å². The molecule has 3 rings (SSSR count). The van der Waals surface area contributed by atoms with Gasteiger partial charge in [-0.2, -0.15) is 0 Å². The van der Waals surface area contributed by atoms with Crippen LogP contribution >= 0.6 is 12.4 Å². The van der Waals surface area contributed by atoms with E-state index in [2.05, 4.69) is 35.4 Å². The fraction of sp³-hybridized carbons (Fsp3) is 0.471. The van der Waals surface area contributed by atoms with Crippen molar-refractivity contribution in [3.63, 3.8) is 0 Å². The molecule has 1 aliphatic heterocycles. The highest BCUT2D eigenvalue weighted by molar-refractivity contribution is 5.86. The summed E-state index contributed by atoms with van der Waals surface area (Å²) >= 11 is 0. The highest BCUT2D eigenvalue weighted by Crippen LogP contribution is 2.22. The van der Waals surface area contributed by atoms with Crippen LogP contribution in [0.3, 0.4) is 0 Å². The van der Waals surface area contributed by atoms with Gasteiger partial charge in [-0.15, -0.1) is 12.4 Å². The van der Waals surface area contributed by atoms with Crippen molar-refractivity contribution >= 4 is 29.2 Å². The van der Waals surface area contributed by atoms with Gasteiger partial charge in [-0.25, -0.2) is 0 Å². The van der Waals surface area contributed by atoms with Crippen LogP contribution in [0.4, 0.5) is 0 Å². The van der Waals surface area contributed by atoms with Gasteiger partial charge in [-0.05, 0) is 37.3 Å². The molecule has 1 aliphatic rings. The average Bonchev–Trinajstić information content (AvgIpc) is 3.15. The number of H-pyrrole nitrogens is 1. The molecule has 4 N–H and O–H groups in total. The summed E-state index contributed by atoms with van der Waals surface area (Å²) in [6.45, 7) is 3.20. The lowest BCUT2D eigenvalue weighted by Gasteiger charge is -2.12. The number of aromatic nitrogens is 1. The van der Waals surface area contributed by atoms with Crippen LogP contribution in [0.15, 0.2) is 24.4 Å². The van der Waals surface area contributed by atoms with Gasteiger partial charge in [-0.3, -0.25) is 4.79 Å². The third kappa shape index (κ3) is 3.86. The van der Waals surface area contributed by atoms with Crippen molar-refractivity contribution in [1.29, 1.82) is 0 Å². The van der Waals surface area contributed by atoms with Crippen LogP contribution in [0.5, 0.6) is 0 Å². The SMILES string of the molecule is Cc1cccc2c(CCNC(=O)[C@@H]3CC[C@H](CN)O3)c[nH]c12.Cl. The number of hydrogen-bond donors (Lipinski definition) is 3. The zero-order valence-corrected chi connectivity index (χ0v) is 14.1. The second-order valence-electron chi connectivity index (χ2n) is 5.91. The molecule has 2 atom stereocenters. The maximum atomic E-state index is 12.1. The normalized spacial score (nSPS) is 20.4. The summed E-state index contributed by atoms with van der Waals surface area (Å²) in [4.78, 5) is 15.4. The van der Waals surface area contributed by atoms with E-state index in [1.807, 2.05) is 6.20 Å². The standard InChI is InChI=1S/C17H23N3O2.ClH/c1-11-3-2-4-14-12(10-20-16(11)14)7-8-19-17(21)15-6-5-13(9-18)22-15;/h2-4,10,13,15,20H,5-9,18H2,1H3,(H,19,21);1H/t13-,15+;/m1./s1. The van der Waals surface area contributed by atoms with E-state index in [0.29, 0.717) is 13.1 Å². The molecule has 1 saturated heterocycles. The van der Waals surface area contributed by atoms with Crippen molar-refractivity contribution in [2.45, 2.75) is 38.4 Å². The molecule has 1 amide bonds. The maximum Gasteiger partial charge on any atom is 0.249 e. The van der Waals surface area contributed by atoms with Crippen LogP contribution in [0, 0.1) is 6.92 Å². The van der Waals surface area contributed by atoms with Gasteiger partial charge >= 0.3 is 0 Å². The summed E-state index contributed by atoms with van der Waals surface area (Å²) in [7, 11) is 0. The molecule has 5 nitrogen and oxygen atoms in total. The van der Waals surface area contributed by atoms with E-state index < -0.39 is 0 Å². The van der Waals surface area contributed by atoms with E-state index >= 15 is 0 Å². The molecular weight excluding hydrogens is 314 g/mol. The molecule has 23 heavy (non-hydrogen) atoms. The molecular formula is C17H24ClN3O2. The Hall–Kier alpha value is -1.56. The Kier molecular flexibility index (Phi) is 6.04. The summed E-state index contributed by atoms with van der Waals surface area (Å²) in [5, 5.41) is 4.20. The molecule has 1 fully saturated rings. The van der Waals surface area contributed by atoms with E-state index in [1.54, 1.807) is 0 Å². The molecule has 6 heteroatoms. The van der Waals surface area contributed by atoms with Crippen LogP contribution < -0.4 is 11.1 Å². The number of para-hydroxylation sites is 1. The minimum Gasteiger partial charge on any atom is -0.364 e. The summed E-state index contributed by atoms with van der Waals surface area (Å²) in [5.74, 6) is -0.0213. The number of carbonyl (C=O) groups is 1. The Bertz CT molecular complexity index is 671. The molecule has 0 aliphatic carbocycles. The minimum absolute atomic E-state index is 0. The van der Waals surface area contributed by atoms with Crippen molar-refractivity contribution in [2.24, 2.45) is 5.73 Å². The Labute approximate surface area is 142 Å². The lowest BCUT2D eigenvalue weighted by molar-refractivity contribution is -0.131. The Morgan fingerprint density at radius 3 is 3.00 bits per heavy atom. The second-order valence-corrected chi connectivity index (χ2v) is 5.91. The van der Waals surface area contributed by atoms with E-state index in [9.17, 15) is 4.79 Å². The topological polar surface area (TPSA) is 80.1 Å². The number of halogens is 1. The van der Waals surface area contributed by atoms with Crippen LogP contribution in [0.25, 0.3) is 10.9 Å². The van der Waals surface area contributed by atoms with E-state index in [4.69, 9.17) is 10.5 Å². The van der Waals surface area contributed by atoms with Crippen molar-refractivity contribution in [2.75, 3.05) is 13.1 Å². The minimum atomic E-state index is -0.334. The molecule has 126 valence electrons. The molecule has 1 aromatic carbocycles. The molecule has 0 radical (unpaired) electrons. The lowest BCUT2D eigenvalue weighted by Crippen LogP contribution is -2.36. The number of aromatic amines is 1. The Balaban J connectivity index is 0.00000192. The molecule has 2 heterocycles. The predicted molar refractivity (Wildman–Crippen MR) is 93.9 cm³/mol. The highest BCUT2D eigenvalue weighted by Gasteiger charge is 2.29. The second kappa shape index (κ2) is 7.81. The number of aryl methyl sites for hydroxylation is 1. The van der Waals surface area contributed by atoms with Gasteiger partial charge in [0.1, 0.15) is 6.10 Å². The fourth-order valence-electron chi connectivity index (χ4n) is 3.08. The number of amides is 1. The van der Waals surface area contributed by atoms with Gasteiger partial charge in [0.15, 0.2) is 0 Å². The first-order valence-electron chi connectivity index (χ1n) is 7.88. The smallest absolute Gasteiger partial charge is 0.249 e. The number of ether oxygens (including phenoxy) is 1. The Morgan fingerprint density at radius 1 is 1.43 bits per heavy atom. The number of rotatable bonds is 5. The maximum absolute atomic E-state index is 12.1. The van der Waals surface area contributed by atoms with E-state index in [0.717, 1.165) is 19.3 Å². The monoisotopic (exact) mass is 337 g/mol. The van der Waals surface area contributed by atoms with Crippen molar-refractivity contribution in [3.05, 3.63) is 35.5 Å². The largest absolute Gasteiger partial charge is 0.364 e. The number of carbonyl (C=O) groups excluding carboxylic acids is 1. The average molecular weight is 338 g/mol. The van der Waals surface area contributed by atoms with Crippen molar-refractivity contribution < 1.29 is 9.53 Å². The molecule has 0 saturated carbocycles. The number of nitrogens with two attached hydrogens (primary N) is 1. The zero-order chi connectivity index (χ0) is 15.5. The van der Waals surface area contributed by atoms with E-state index in [1.165, 1.54) is 22.0 Å². The van der Waals surface area contributed by atoms with Gasteiger partial charge in [0.25, 0.3) is 0 Å². The summed E-state index contributed by atoms with van der Waals surface area (Å²) < 4.78 is 5.60. The first kappa shape index (κ1) is 17.8. The predicted octanol–water partition coefficient (Wildman–Crippen LogP) is 2.06. The number of benzene rings is 1. The quantitative estimate of drug-likeness (QED) is 0.781. The molecule has 0 spiro atoms. The molecule has 1 aromatic heterocycles. The van der Waals surface area contributed by atoms with Crippen LogP contribution in [0.1, 0.15) is 24.0 Å². The van der Waals surface area contributed by atoms with Gasteiger partial charge in [0.05, 0.1) is 6.10 Å². The van der Waals surface area contributed by atoms with Crippen LogP contribution in [-0.4, -0.2) is 36.2 Å². The van der Waals surface area contributed by atoms with E-state index in [-0.39, 0.29) is 30.5 Å². The summed E-state index contributed by atoms with van der Waals surface area (Å²) in [5.41, 5.74) is 9.20. The van der Waals surface area contributed by atoms with Gasteiger partial charge in [0.2, 0.25) is 5.91 Å². The van der Waals surface area contributed by atoms with Gasteiger partial charge in [-0.1, -0.05) is 18.2 Å². The number of fused-ring (bicyclic) bond motifs is 1. The first-order valence-corrected chi connectivity index (χ1v) is 7.88. The fourth-order valence-corrected chi connectivity index (χ4v) is 3.08. The number of nitrogens with one attached hydrogen (secondary N) is 2.